The van der Waals surface area contributed by atoms with Crippen molar-refractivity contribution < 1.29 is 0 Å². The molecule has 0 fully saturated rings. The van der Waals surface area contributed by atoms with E-state index in [0.29, 0.717) is 0 Å². The summed E-state index contributed by atoms with van der Waals surface area (Å²) in [5.41, 5.74) is 5.85. The molecule has 0 atom stereocenters. The van der Waals surface area contributed by atoms with E-state index < -0.39 is 0 Å². The average Bonchev–Trinajstić information content (AvgIpc) is 3.20. The number of allylic oxidation sites excluding steroid dienone is 1. The van der Waals surface area contributed by atoms with E-state index in [4.69, 9.17) is 10.8 Å². The topological polar surface area (TPSA) is 52.6 Å². The highest BCUT2D eigenvalue weighted by Gasteiger charge is 2.19. The normalized spacial score (nSPS) is 13.5. The van der Waals surface area contributed by atoms with Crippen LogP contribution in [-0.2, 0) is 0 Å². The number of benzene rings is 5. The second kappa shape index (κ2) is 6.50. The van der Waals surface area contributed by atoms with Crippen LogP contribution in [0.15, 0.2) is 97.1 Å². The standard InChI is InChI=1S/C30H19N3/c31-25-15-11-19-9-10-20-17-21(13-14-23(20)28(19)30(25)32)33-26-8-4-3-7-24(26)29-22-6-2-1-5-18(22)12-16-27(29)33/h1-17,31-32H. The molecule has 0 saturated heterocycles. The summed E-state index contributed by atoms with van der Waals surface area (Å²) in [6, 6.07) is 32.2. The van der Waals surface area contributed by atoms with E-state index in [1.54, 1.807) is 6.08 Å². The van der Waals surface area contributed by atoms with Gasteiger partial charge in [-0.2, -0.15) is 0 Å². The Hall–Kier alpha value is -4.50. The smallest absolute Gasteiger partial charge is 0.0873 e. The Morgan fingerprint density at radius 3 is 2.27 bits per heavy atom. The predicted octanol–water partition coefficient (Wildman–Crippen LogP) is 7.50. The van der Waals surface area contributed by atoms with Gasteiger partial charge in [-0.1, -0.05) is 72.8 Å². The zero-order valence-electron chi connectivity index (χ0n) is 17.8. The number of hydrogen-bond acceptors (Lipinski definition) is 2. The molecule has 7 rings (SSSR count). The quantitative estimate of drug-likeness (QED) is 0.276. The lowest BCUT2D eigenvalue weighted by molar-refractivity contribution is 1.19. The van der Waals surface area contributed by atoms with Gasteiger partial charge in [0.25, 0.3) is 0 Å². The molecule has 3 heteroatoms. The van der Waals surface area contributed by atoms with Crippen molar-refractivity contribution in [1.82, 2.24) is 4.57 Å². The van der Waals surface area contributed by atoms with Gasteiger partial charge in [0.2, 0.25) is 0 Å². The minimum Gasteiger partial charge on any atom is -0.309 e. The number of aromatic nitrogens is 1. The number of nitrogens with zero attached hydrogens (tertiary/aromatic N) is 1. The van der Waals surface area contributed by atoms with E-state index in [2.05, 4.69) is 95.6 Å². The lowest BCUT2D eigenvalue weighted by atomic mass is 9.89. The highest BCUT2D eigenvalue weighted by atomic mass is 15.0. The fourth-order valence-electron chi connectivity index (χ4n) is 5.30. The molecule has 1 aliphatic rings. The van der Waals surface area contributed by atoms with Crippen molar-refractivity contribution in [2.75, 3.05) is 0 Å². The Morgan fingerprint density at radius 2 is 1.36 bits per heavy atom. The van der Waals surface area contributed by atoms with Crippen LogP contribution in [0.2, 0.25) is 0 Å². The molecule has 1 heterocycles. The molecule has 1 aromatic heterocycles. The summed E-state index contributed by atoms with van der Waals surface area (Å²) in [7, 11) is 0. The third-order valence-electron chi connectivity index (χ3n) is 6.80. The number of rotatable bonds is 1. The second-order valence-electron chi connectivity index (χ2n) is 8.59. The maximum atomic E-state index is 8.46. The molecular weight excluding hydrogens is 402 g/mol. The Labute approximate surface area is 190 Å². The molecule has 0 bridgehead atoms. The average molecular weight is 422 g/mol. The van der Waals surface area contributed by atoms with Crippen LogP contribution in [0.1, 0.15) is 11.1 Å². The summed E-state index contributed by atoms with van der Waals surface area (Å²) in [5, 5.41) is 23.7. The van der Waals surface area contributed by atoms with Gasteiger partial charge in [-0.25, -0.2) is 0 Å². The van der Waals surface area contributed by atoms with Gasteiger partial charge in [0.05, 0.1) is 22.5 Å². The number of para-hydroxylation sites is 1. The van der Waals surface area contributed by atoms with Gasteiger partial charge in [0.1, 0.15) is 0 Å². The summed E-state index contributed by atoms with van der Waals surface area (Å²) in [4.78, 5) is 0. The van der Waals surface area contributed by atoms with Crippen LogP contribution in [0.3, 0.4) is 0 Å². The molecule has 0 saturated carbocycles. The molecule has 0 aliphatic heterocycles. The molecule has 0 spiro atoms. The van der Waals surface area contributed by atoms with Gasteiger partial charge in [-0.15, -0.1) is 0 Å². The molecule has 2 N–H and O–H groups in total. The van der Waals surface area contributed by atoms with Gasteiger partial charge >= 0.3 is 0 Å². The third kappa shape index (κ3) is 2.45. The Balaban J connectivity index is 1.56. The van der Waals surface area contributed by atoms with Crippen molar-refractivity contribution in [1.29, 1.82) is 10.8 Å². The first kappa shape index (κ1) is 18.1. The summed E-state index contributed by atoms with van der Waals surface area (Å²) < 4.78 is 2.34. The Kier molecular flexibility index (Phi) is 3.57. The van der Waals surface area contributed by atoms with Crippen LogP contribution in [0.4, 0.5) is 0 Å². The van der Waals surface area contributed by atoms with E-state index >= 15 is 0 Å². The van der Waals surface area contributed by atoms with Crippen LogP contribution in [0.5, 0.6) is 0 Å². The molecule has 154 valence electrons. The van der Waals surface area contributed by atoms with Crippen molar-refractivity contribution in [3.05, 3.63) is 108 Å². The van der Waals surface area contributed by atoms with Crippen molar-refractivity contribution >= 4 is 60.9 Å². The molecule has 0 radical (unpaired) electrons. The minimum absolute atomic E-state index is 0.258. The molecule has 3 nitrogen and oxygen atoms in total. The lowest BCUT2D eigenvalue weighted by Crippen LogP contribution is -2.16. The monoisotopic (exact) mass is 421 g/mol. The van der Waals surface area contributed by atoms with Gasteiger partial charge in [-0.3, -0.25) is 10.8 Å². The lowest BCUT2D eigenvalue weighted by Gasteiger charge is -2.16. The molecule has 0 amide bonds. The fraction of sp³-hybridized carbons (Fsp3) is 0. The fourth-order valence-corrected chi connectivity index (χ4v) is 5.30. The zero-order chi connectivity index (χ0) is 22.1. The molecule has 5 aromatic carbocycles. The van der Waals surface area contributed by atoms with E-state index in [1.165, 1.54) is 32.6 Å². The zero-order valence-corrected chi connectivity index (χ0v) is 17.8. The van der Waals surface area contributed by atoms with Crippen LogP contribution < -0.4 is 0 Å². The van der Waals surface area contributed by atoms with Crippen LogP contribution in [0.25, 0.3) is 55.1 Å². The maximum Gasteiger partial charge on any atom is 0.0873 e. The first-order chi connectivity index (χ1) is 16.2. The highest BCUT2D eigenvalue weighted by molar-refractivity contribution is 6.53. The van der Waals surface area contributed by atoms with Crippen molar-refractivity contribution in [3.63, 3.8) is 0 Å². The largest absolute Gasteiger partial charge is 0.309 e. The first-order valence-corrected chi connectivity index (χ1v) is 11.0. The summed E-state index contributed by atoms with van der Waals surface area (Å²) >= 11 is 0. The molecule has 1 aliphatic carbocycles. The second-order valence-corrected chi connectivity index (χ2v) is 8.59. The van der Waals surface area contributed by atoms with Gasteiger partial charge < -0.3 is 4.57 Å². The molecule has 6 aromatic rings. The predicted molar refractivity (Wildman–Crippen MR) is 139 cm³/mol. The van der Waals surface area contributed by atoms with Crippen molar-refractivity contribution in [2.45, 2.75) is 0 Å². The molecule has 0 unspecified atom stereocenters. The third-order valence-corrected chi connectivity index (χ3v) is 6.80. The summed E-state index contributed by atoms with van der Waals surface area (Å²) in [5.74, 6) is 0. The number of hydrogen-bond donors (Lipinski definition) is 2. The van der Waals surface area contributed by atoms with Crippen LogP contribution in [-0.4, -0.2) is 16.0 Å². The first-order valence-electron chi connectivity index (χ1n) is 11.0. The van der Waals surface area contributed by atoms with E-state index in [-0.39, 0.29) is 11.4 Å². The Bertz CT molecular complexity index is 1850. The van der Waals surface area contributed by atoms with E-state index in [0.717, 1.165) is 27.6 Å². The van der Waals surface area contributed by atoms with Gasteiger partial charge in [-0.05, 0) is 57.4 Å². The van der Waals surface area contributed by atoms with Crippen molar-refractivity contribution in [2.24, 2.45) is 0 Å². The minimum atomic E-state index is 0.258. The number of fused-ring (bicyclic) bond motifs is 8. The Morgan fingerprint density at radius 1 is 0.576 bits per heavy atom. The van der Waals surface area contributed by atoms with Gasteiger partial charge in [0.15, 0.2) is 0 Å². The molecule has 33 heavy (non-hydrogen) atoms. The van der Waals surface area contributed by atoms with Crippen LogP contribution >= 0.6 is 0 Å². The number of nitrogens with one attached hydrogen (secondary N) is 2. The SMILES string of the molecule is N=C1C=Cc2ccc3cc(-n4c5ccccc5c5c6ccccc6ccc54)ccc3c2C1=N. The summed E-state index contributed by atoms with van der Waals surface area (Å²) in [6.07, 6.45) is 3.63. The van der Waals surface area contributed by atoms with Gasteiger partial charge in [0, 0.05) is 22.0 Å². The van der Waals surface area contributed by atoms with E-state index in [9.17, 15) is 0 Å². The molecular formula is C30H19N3. The van der Waals surface area contributed by atoms with Crippen LogP contribution in [0, 0.1) is 10.8 Å². The maximum absolute atomic E-state index is 8.46. The summed E-state index contributed by atoms with van der Waals surface area (Å²) in [6.45, 7) is 0. The van der Waals surface area contributed by atoms with E-state index in [1.807, 2.05) is 6.08 Å². The van der Waals surface area contributed by atoms with Crippen molar-refractivity contribution in [3.8, 4) is 5.69 Å². The highest BCUT2D eigenvalue weighted by Crippen LogP contribution is 2.37.